The van der Waals surface area contributed by atoms with Gasteiger partial charge in [0.2, 0.25) is 6.29 Å². The van der Waals surface area contributed by atoms with E-state index in [0.29, 0.717) is 5.56 Å². The monoisotopic (exact) mass is 436 g/mol. The Morgan fingerprint density at radius 3 is 2.32 bits per heavy atom. The Kier molecular flexibility index (Phi) is 6.56. The zero-order chi connectivity index (χ0) is 22.9. The average molecular weight is 436 g/mol. The van der Waals surface area contributed by atoms with Gasteiger partial charge in [-0.15, -0.1) is 0 Å². The topological polar surface area (TPSA) is 177 Å². The van der Waals surface area contributed by atoms with Gasteiger partial charge in [-0.05, 0) is 31.0 Å². The Labute approximate surface area is 177 Å². The van der Waals surface area contributed by atoms with E-state index in [-0.39, 0.29) is 35.7 Å². The number of benzene rings is 2. The molecule has 0 aliphatic carbocycles. The lowest BCUT2D eigenvalue weighted by atomic mass is 9.99. The zero-order valence-corrected chi connectivity index (χ0v) is 16.5. The summed E-state index contributed by atoms with van der Waals surface area (Å²) in [6, 6.07) is 6.11. The Morgan fingerprint density at radius 2 is 1.65 bits per heavy atom. The summed E-state index contributed by atoms with van der Waals surface area (Å²) in [5, 5.41) is 68.9. The summed E-state index contributed by atoms with van der Waals surface area (Å²) in [6.07, 6.45) is -6.90. The molecule has 5 atom stereocenters. The van der Waals surface area contributed by atoms with Crippen molar-refractivity contribution < 1.29 is 50.0 Å². The van der Waals surface area contributed by atoms with Gasteiger partial charge in [0.25, 0.3) is 0 Å². The molecular weight excluding hydrogens is 412 g/mol. The van der Waals surface area contributed by atoms with E-state index in [0.717, 1.165) is 12.1 Å². The van der Waals surface area contributed by atoms with Crippen LogP contribution in [0.4, 0.5) is 0 Å². The largest absolute Gasteiger partial charge is 0.508 e. The maximum Gasteiger partial charge on any atom is 0.229 e. The predicted octanol–water partition coefficient (Wildman–Crippen LogP) is 0.531. The van der Waals surface area contributed by atoms with Crippen LogP contribution in [0.5, 0.6) is 28.7 Å². The van der Waals surface area contributed by atoms with Gasteiger partial charge in [-0.3, -0.25) is 4.79 Å². The Bertz CT molecular complexity index is 959. The summed E-state index contributed by atoms with van der Waals surface area (Å²) in [5.74, 6) is -2.46. The maximum atomic E-state index is 12.8. The molecule has 1 fully saturated rings. The lowest BCUT2D eigenvalue weighted by Gasteiger charge is -2.39. The van der Waals surface area contributed by atoms with Gasteiger partial charge in [-0.2, -0.15) is 0 Å². The molecular formula is C21H24O10. The van der Waals surface area contributed by atoms with E-state index in [9.17, 15) is 40.5 Å². The van der Waals surface area contributed by atoms with Crippen LogP contribution in [0.2, 0.25) is 0 Å². The number of phenols is 4. The van der Waals surface area contributed by atoms with Gasteiger partial charge in [0, 0.05) is 18.6 Å². The third-order valence-corrected chi connectivity index (χ3v) is 5.08. The van der Waals surface area contributed by atoms with Gasteiger partial charge >= 0.3 is 0 Å². The Balaban J connectivity index is 1.82. The number of aromatic hydroxyl groups is 4. The molecule has 0 amide bonds. The molecule has 168 valence electrons. The number of phenolic OH excluding ortho intramolecular Hbond substituents is 4. The van der Waals surface area contributed by atoms with E-state index in [1.165, 1.54) is 25.1 Å². The van der Waals surface area contributed by atoms with Crippen LogP contribution >= 0.6 is 0 Å². The summed E-state index contributed by atoms with van der Waals surface area (Å²) in [7, 11) is 0. The highest BCUT2D eigenvalue weighted by Crippen LogP contribution is 2.36. The number of hydrogen-bond acceptors (Lipinski definition) is 10. The second-order valence-corrected chi connectivity index (χ2v) is 7.38. The molecule has 3 rings (SSSR count). The number of Topliss-reactive ketones (excluding diaryl/α,β-unsaturated/α-hetero) is 1. The van der Waals surface area contributed by atoms with Crippen LogP contribution in [-0.4, -0.2) is 72.2 Å². The number of aliphatic hydroxyl groups is 3. The van der Waals surface area contributed by atoms with Crippen molar-refractivity contribution in [1.82, 2.24) is 0 Å². The highest BCUT2D eigenvalue weighted by Gasteiger charge is 2.43. The molecule has 2 aromatic rings. The number of carbonyl (C=O) groups is 1. The van der Waals surface area contributed by atoms with Gasteiger partial charge in [-0.25, -0.2) is 0 Å². The maximum absolute atomic E-state index is 12.8. The van der Waals surface area contributed by atoms with Crippen molar-refractivity contribution >= 4 is 5.78 Å². The lowest BCUT2D eigenvalue weighted by molar-refractivity contribution is -0.268. The molecule has 0 aromatic heterocycles. The summed E-state index contributed by atoms with van der Waals surface area (Å²) in [5.41, 5.74) is 0.284. The van der Waals surface area contributed by atoms with E-state index < -0.39 is 48.0 Å². The summed E-state index contributed by atoms with van der Waals surface area (Å²) in [4.78, 5) is 12.8. The fourth-order valence-electron chi connectivity index (χ4n) is 3.30. The van der Waals surface area contributed by atoms with Crippen molar-refractivity contribution in [2.75, 3.05) is 0 Å². The SMILES string of the molecule is C[C@@H]1O[C@@H](Oc2cc(O)cc(O)c2C(=O)CCc2ccc(O)c(O)c2)[C@H](O)[C@H](O)[C@H]1O. The lowest BCUT2D eigenvalue weighted by Crippen LogP contribution is -2.58. The minimum Gasteiger partial charge on any atom is -0.508 e. The molecule has 10 heteroatoms. The van der Waals surface area contributed by atoms with Gasteiger partial charge in [0.1, 0.15) is 41.1 Å². The molecule has 0 bridgehead atoms. The van der Waals surface area contributed by atoms with Crippen molar-refractivity contribution in [1.29, 1.82) is 0 Å². The van der Waals surface area contributed by atoms with Crippen molar-refractivity contribution in [3.05, 3.63) is 41.5 Å². The summed E-state index contributed by atoms with van der Waals surface area (Å²) < 4.78 is 10.8. The zero-order valence-electron chi connectivity index (χ0n) is 16.5. The second kappa shape index (κ2) is 8.98. The number of ketones is 1. The van der Waals surface area contributed by atoms with Crippen LogP contribution < -0.4 is 4.74 Å². The van der Waals surface area contributed by atoms with Crippen LogP contribution in [0.15, 0.2) is 30.3 Å². The molecule has 10 nitrogen and oxygen atoms in total. The van der Waals surface area contributed by atoms with E-state index in [4.69, 9.17) is 9.47 Å². The number of aryl methyl sites for hydroxylation is 1. The molecule has 31 heavy (non-hydrogen) atoms. The van der Waals surface area contributed by atoms with Gasteiger partial charge in [-0.1, -0.05) is 6.07 Å². The number of rotatable bonds is 6. The molecule has 1 aliphatic heterocycles. The smallest absolute Gasteiger partial charge is 0.229 e. The first kappa shape index (κ1) is 22.6. The first-order valence-corrected chi connectivity index (χ1v) is 9.54. The quantitative estimate of drug-likeness (QED) is 0.250. The molecule has 0 spiro atoms. The van der Waals surface area contributed by atoms with Crippen LogP contribution in [0, 0.1) is 0 Å². The summed E-state index contributed by atoms with van der Waals surface area (Å²) >= 11 is 0. The molecule has 7 N–H and O–H groups in total. The fraction of sp³-hybridized carbons (Fsp3) is 0.381. The van der Waals surface area contributed by atoms with Crippen molar-refractivity contribution in [3.8, 4) is 28.7 Å². The first-order chi connectivity index (χ1) is 14.6. The summed E-state index contributed by atoms with van der Waals surface area (Å²) in [6.45, 7) is 1.45. The van der Waals surface area contributed by atoms with Crippen molar-refractivity contribution in [2.45, 2.75) is 50.5 Å². The van der Waals surface area contributed by atoms with Crippen LogP contribution in [-0.2, 0) is 11.2 Å². The highest BCUT2D eigenvalue weighted by atomic mass is 16.7. The number of aliphatic hydroxyl groups excluding tert-OH is 3. The van der Waals surface area contributed by atoms with Gasteiger partial charge < -0.3 is 45.2 Å². The van der Waals surface area contributed by atoms with Gasteiger partial charge in [0.05, 0.1) is 6.10 Å². The third-order valence-electron chi connectivity index (χ3n) is 5.08. The van der Waals surface area contributed by atoms with E-state index >= 15 is 0 Å². The van der Waals surface area contributed by atoms with E-state index in [2.05, 4.69) is 0 Å². The molecule has 0 saturated carbocycles. The minimum absolute atomic E-state index is 0.120. The number of hydrogen-bond donors (Lipinski definition) is 7. The molecule has 1 aliphatic rings. The van der Waals surface area contributed by atoms with Crippen LogP contribution in [0.3, 0.4) is 0 Å². The number of carbonyl (C=O) groups excluding carboxylic acids is 1. The van der Waals surface area contributed by atoms with E-state index in [1.807, 2.05) is 0 Å². The molecule has 0 unspecified atom stereocenters. The predicted molar refractivity (Wildman–Crippen MR) is 105 cm³/mol. The van der Waals surface area contributed by atoms with Gasteiger partial charge in [0.15, 0.2) is 17.3 Å². The highest BCUT2D eigenvalue weighted by molar-refractivity contribution is 6.01. The Morgan fingerprint density at radius 1 is 0.935 bits per heavy atom. The second-order valence-electron chi connectivity index (χ2n) is 7.38. The molecule has 2 aromatic carbocycles. The third kappa shape index (κ3) is 4.83. The van der Waals surface area contributed by atoms with Crippen molar-refractivity contribution in [3.63, 3.8) is 0 Å². The van der Waals surface area contributed by atoms with Crippen molar-refractivity contribution in [2.24, 2.45) is 0 Å². The normalized spacial score (nSPS) is 25.9. The first-order valence-electron chi connectivity index (χ1n) is 9.54. The molecule has 1 heterocycles. The minimum atomic E-state index is -1.65. The average Bonchev–Trinajstić information content (AvgIpc) is 2.70. The number of ether oxygens (including phenoxy) is 2. The molecule has 0 radical (unpaired) electrons. The van der Waals surface area contributed by atoms with E-state index in [1.54, 1.807) is 0 Å². The van der Waals surface area contributed by atoms with Crippen LogP contribution in [0.25, 0.3) is 0 Å². The van der Waals surface area contributed by atoms with Crippen LogP contribution in [0.1, 0.15) is 29.3 Å². The fourth-order valence-corrected chi connectivity index (χ4v) is 3.30. The standard InChI is InChI=1S/C21H24O10/c1-9-18(27)19(28)20(29)21(30-9)31-16-8-11(22)7-15(26)17(16)13(24)5-3-10-2-4-12(23)14(25)6-10/h2,4,6-9,18-23,25-29H,3,5H2,1H3/t9-,18-,19+,20+,21-/m0/s1. The Hall–Kier alpha value is -3.05. The molecule has 1 saturated heterocycles.